The first kappa shape index (κ1) is 34.7. The van der Waals surface area contributed by atoms with Crippen LogP contribution in [0.5, 0.6) is 0 Å². The van der Waals surface area contributed by atoms with E-state index < -0.39 is 54.7 Å². The van der Waals surface area contributed by atoms with E-state index in [1.807, 2.05) is 94.4 Å². The zero-order chi connectivity index (χ0) is 33.8. The molecule has 3 aromatic carbocycles. The molecule has 49 heavy (non-hydrogen) atoms. The molecule has 0 radical (unpaired) electrons. The Kier molecular flexibility index (Phi) is 10.8. The maximum Gasteiger partial charge on any atom is 0.190 e. The first-order valence-electron chi connectivity index (χ1n) is 17.3. The van der Waals surface area contributed by atoms with E-state index in [0.717, 1.165) is 16.7 Å². The Hall–Kier alpha value is -2.74. The van der Waals surface area contributed by atoms with E-state index in [1.54, 1.807) is 0 Å². The first-order chi connectivity index (χ1) is 23.7. The molecule has 4 aliphatic heterocycles. The summed E-state index contributed by atoms with van der Waals surface area (Å²) in [4.78, 5) is 0. The molecule has 0 bridgehead atoms. The van der Waals surface area contributed by atoms with Gasteiger partial charge in [0.1, 0.15) is 36.6 Å². The van der Waals surface area contributed by atoms with Crippen LogP contribution >= 0.6 is 0 Å². The fourth-order valence-electron chi connectivity index (χ4n) is 6.95. The molecule has 0 amide bonds. The average molecular weight is 677 g/mol. The van der Waals surface area contributed by atoms with Gasteiger partial charge in [0, 0.05) is 6.42 Å². The van der Waals surface area contributed by atoms with Crippen molar-refractivity contribution in [2.24, 2.45) is 0 Å². The molecule has 7 rings (SSSR count). The molecule has 8 unspecified atom stereocenters. The highest BCUT2D eigenvalue weighted by Crippen LogP contribution is 2.44. The Morgan fingerprint density at radius 2 is 1.10 bits per heavy atom. The highest BCUT2D eigenvalue weighted by Gasteiger charge is 2.60. The molecule has 0 N–H and O–H groups in total. The van der Waals surface area contributed by atoms with E-state index in [0.29, 0.717) is 32.8 Å². The second kappa shape index (κ2) is 15.2. The molecule has 3 aromatic rings. The number of rotatable bonds is 13. The summed E-state index contributed by atoms with van der Waals surface area (Å²) in [7, 11) is 0. The van der Waals surface area contributed by atoms with Crippen molar-refractivity contribution < 1.29 is 47.4 Å². The Labute approximate surface area is 288 Å². The van der Waals surface area contributed by atoms with Crippen LogP contribution in [-0.2, 0) is 67.2 Å². The highest BCUT2D eigenvalue weighted by atomic mass is 16.9. The summed E-state index contributed by atoms with van der Waals surface area (Å²) in [6.45, 7) is 9.30. The van der Waals surface area contributed by atoms with E-state index in [2.05, 4.69) is 24.3 Å². The largest absolute Gasteiger partial charge is 0.374 e. The fourth-order valence-corrected chi connectivity index (χ4v) is 6.95. The third kappa shape index (κ3) is 8.77. The predicted octanol–water partition coefficient (Wildman–Crippen LogP) is 5.90. The van der Waals surface area contributed by atoms with Crippen LogP contribution in [-0.4, -0.2) is 80.1 Å². The van der Waals surface area contributed by atoms with Gasteiger partial charge in [0.05, 0.1) is 39.1 Å². The summed E-state index contributed by atoms with van der Waals surface area (Å²) < 4.78 is 63.9. The molecule has 0 aromatic heterocycles. The zero-order valence-electron chi connectivity index (χ0n) is 28.7. The SMILES string of the molecule is CC1(C)OC2OC(CO[C@H]3CC(OCc4ccccc4)C(OCc4ccccc4)C(COCc4ccccc4)O3)C3OC(C)(C)OC3C2O1. The third-order valence-corrected chi connectivity index (χ3v) is 9.17. The predicted molar refractivity (Wildman–Crippen MR) is 178 cm³/mol. The number of ether oxygens (including phenoxy) is 10. The molecular weight excluding hydrogens is 628 g/mol. The van der Waals surface area contributed by atoms with E-state index in [-0.39, 0.29) is 18.8 Å². The minimum Gasteiger partial charge on any atom is -0.374 e. The normalized spacial score (nSPS) is 33.2. The van der Waals surface area contributed by atoms with E-state index in [1.165, 1.54) is 0 Å². The molecule has 0 aliphatic carbocycles. The Morgan fingerprint density at radius 3 is 1.76 bits per heavy atom. The van der Waals surface area contributed by atoms with Crippen molar-refractivity contribution in [1.29, 1.82) is 0 Å². The van der Waals surface area contributed by atoms with Gasteiger partial charge in [0.25, 0.3) is 0 Å². The topological polar surface area (TPSA) is 92.3 Å². The van der Waals surface area contributed by atoms with Crippen LogP contribution in [0, 0.1) is 0 Å². The Morgan fingerprint density at radius 1 is 0.551 bits per heavy atom. The molecule has 10 nitrogen and oxygen atoms in total. The van der Waals surface area contributed by atoms with Crippen LogP contribution < -0.4 is 0 Å². The minimum absolute atomic E-state index is 0.191. The summed E-state index contributed by atoms with van der Waals surface area (Å²) in [5.74, 6) is -1.60. The monoisotopic (exact) mass is 676 g/mol. The zero-order valence-corrected chi connectivity index (χ0v) is 28.7. The molecule has 0 saturated carbocycles. The second-order valence-electron chi connectivity index (χ2n) is 14.0. The third-order valence-electron chi connectivity index (χ3n) is 9.17. The van der Waals surface area contributed by atoms with Crippen LogP contribution in [0.1, 0.15) is 50.8 Å². The van der Waals surface area contributed by atoms with Gasteiger partial charge in [0.2, 0.25) is 0 Å². The van der Waals surface area contributed by atoms with Crippen molar-refractivity contribution in [2.45, 2.75) is 121 Å². The molecular formula is C39H48O10. The molecule has 9 atom stereocenters. The molecule has 4 heterocycles. The van der Waals surface area contributed by atoms with E-state index in [9.17, 15) is 0 Å². The molecule has 4 fully saturated rings. The Bertz CT molecular complexity index is 1450. The number of fused-ring (bicyclic) bond motifs is 3. The van der Waals surface area contributed by atoms with Gasteiger partial charge in [-0.2, -0.15) is 0 Å². The van der Waals surface area contributed by atoms with E-state index >= 15 is 0 Å². The summed E-state index contributed by atoms with van der Waals surface area (Å²) in [5, 5.41) is 0. The van der Waals surface area contributed by atoms with Crippen LogP contribution in [0.15, 0.2) is 91.0 Å². The van der Waals surface area contributed by atoms with Gasteiger partial charge < -0.3 is 47.4 Å². The van der Waals surface area contributed by atoms with Crippen LogP contribution in [0.25, 0.3) is 0 Å². The smallest absolute Gasteiger partial charge is 0.190 e. The van der Waals surface area contributed by atoms with Crippen LogP contribution in [0.3, 0.4) is 0 Å². The lowest BCUT2D eigenvalue weighted by Gasteiger charge is -2.42. The lowest BCUT2D eigenvalue weighted by molar-refractivity contribution is -0.296. The lowest BCUT2D eigenvalue weighted by Crippen LogP contribution is -2.57. The van der Waals surface area contributed by atoms with Crippen molar-refractivity contribution in [3.05, 3.63) is 108 Å². The molecule has 0 spiro atoms. The van der Waals surface area contributed by atoms with Gasteiger partial charge in [0.15, 0.2) is 24.2 Å². The molecule has 4 saturated heterocycles. The van der Waals surface area contributed by atoms with Gasteiger partial charge in [-0.1, -0.05) is 91.0 Å². The van der Waals surface area contributed by atoms with Crippen molar-refractivity contribution in [3.8, 4) is 0 Å². The first-order valence-corrected chi connectivity index (χ1v) is 17.3. The van der Waals surface area contributed by atoms with Gasteiger partial charge in [-0.05, 0) is 44.4 Å². The molecule has 10 heteroatoms. The molecule has 264 valence electrons. The second-order valence-corrected chi connectivity index (χ2v) is 14.0. The lowest BCUT2D eigenvalue weighted by atomic mass is 9.99. The summed E-state index contributed by atoms with van der Waals surface area (Å²) in [6.07, 6.45) is -3.64. The summed E-state index contributed by atoms with van der Waals surface area (Å²) >= 11 is 0. The Balaban J connectivity index is 1.07. The molecule has 4 aliphatic rings. The fraction of sp³-hybridized carbons (Fsp3) is 0.538. The minimum atomic E-state index is -0.802. The van der Waals surface area contributed by atoms with Crippen LogP contribution in [0.4, 0.5) is 0 Å². The number of hydrogen-bond acceptors (Lipinski definition) is 10. The average Bonchev–Trinajstić information content (AvgIpc) is 3.60. The maximum absolute atomic E-state index is 6.64. The van der Waals surface area contributed by atoms with Gasteiger partial charge in [-0.15, -0.1) is 0 Å². The van der Waals surface area contributed by atoms with Gasteiger partial charge >= 0.3 is 0 Å². The number of hydrogen-bond donors (Lipinski definition) is 0. The van der Waals surface area contributed by atoms with Gasteiger partial charge in [-0.25, -0.2) is 0 Å². The summed E-state index contributed by atoms with van der Waals surface area (Å²) in [5.41, 5.74) is 3.22. The van der Waals surface area contributed by atoms with Crippen molar-refractivity contribution in [3.63, 3.8) is 0 Å². The maximum atomic E-state index is 6.64. The van der Waals surface area contributed by atoms with E-state index in [4.69, 9.17) is 47.4 Å². The van der Waals surface area contributed by atoms with Crippen LogP contribution in [0.2, 0.25) is 0 Å². The van der Waals surface area contributed by atoms with Crippen molar-refractivity contribution in [2.75, 3.05) is 13.2 Å². The van der Waals surface area contributed by atoms with Crippen molar-refractivity contribution in [1.82, 2.24) is 0 Å². The summed E-state index contributed by atoms with van der Waals surface area (Å²) in [6, 6.07) is 30.3. The standard InChI is InChI=1S/C39H48O10/c1-38(2)46-34-31(45-37-36(35(34)47-38)48-39(3,4)49-37)25-42-32-20-29(41-22-27-16-10-6-11-17-27)33(43-23-28-18-12-7-13-19-28)30(44-32)24-40-21-26-14-8-5-9-15-26/h5-19,29-37H,20-25H2,1-4H3/t29?,30?,31?,32-,33?,34?,35?,36?,37?/m1/s1. The number of benzene rings is 3. The van der Waals surface area contributed by atoms with Crippen molar-refractivity contribution >= 4 is 0 Å². The highest BCUT2D eigenvalue weighted by molar-refractivity contribution is 5.15. The van der Waals surface area contributed by atoms with Gasteiger partial charge in [-0.3, -0.25) is 0 Å². The quantitative estimate of drug-likeness (QED) is 0.218.